The first-order valence-corrected chi connectivity index (χ1v) is 22.2. The second-order valence-corrected chi connectivity index (χ2v) is 16.0. The third-order valence-electron chi connectivity index (χ3n) is 11.3. The molecule has 16 heteroatoms. The molecule has 0 unspecified atom stereocenters. The van der Waals surface area contributed by atoms with E-state index in [9.17, 15) is 33.9 Å². The molecule has 70 heavy (non-hydrogen) atoms. The number of rotatable bonds is 15. The van der Waals surface area contributed by atoms with E-state index in [0.717, 1.165) is 0 Å². The third-order valence-corrected chi connectivity index (χ3v) is 11.3. The van der Waals surface area contributed by atoms with Crippen LogP contribution in [-0.4, -0.2) is 109 Å². The van der Waals surface area contributed by atoms with Gasteiger partial charge in [0.05, 0.1) is 46.1 Å². The molecule has 0 amide bonds. The fourth-order valence-electron chi connectivity index (χ4n) is 7.75. The van der Waals surface area contributed by atoms with Crippen molar-refractivity contribution < 1.29 is 76.5 Å². The molecule has 0 radical (unpaired) electrons. The van der Waals surface area contributed by atoms with Gasteiger partial charge in [-0.1, -0.05) is 109 Å². The molecule has 0 aliphatic carbocycles. The minimum Gasteiger partial charge on any atom is -0.452 e. The topological polar surface area (TPSA) is 206 Å². The van der Waals surface area contributed by atoms with Gasteiger partial charge in [0.1, 0.15) is 6.10 Å². The number of aliphatic hydroxyl groups excluding tert-OH is 1. The Labute approximate surface area is 401 Å². The van der Waals surface area contributed by atoms with Gasteiger partial charge in [0.15, 0.2) is 49.2 Å². The zero-order chi connectivity index (χ0) is 49.0. The summed E-state index contributed by atoms with van der Waals surface area (Å²) < 4.78 is 54.8. The number of aliphatic hydroxyl groups is 1. The number of esters is 6. The van der Waals surface area contributed by atoms with E-state index in [-0.39, 0.29) is 33.4 Å². The summed E-state index contributed by atoms with van der Waals surface area (Å²) >= 11 is 0. The largest absolute Gasteiger partial charge is 0.452 e. The van der Waals surface area contributed by atoms with Gasteiger partial charge in [0.25, 0.3) is 0 Å². The van der Waals surface area contributed by atoms with Crippen LogP contribution in [0.15, 0.2) is 182 Å². The van der Waals surface area contributed by atoms with Crippen molar-refractivity contribution in [3.05, 3.63) is 215 Å². The Bertz CT molecular complexity index is 2520. The van der Waals surface area contributed by atoms with Crippen LogP contribution in [0, 0.1) is 0 Å². The number of hydrogen-bond acceptors (Lipinski definition) is 16. The van der Waals surface area contributed by atoms with Crippen LogP contribution in [0.1, 0.15) is 69.1 Å². The van der Waals surface area contributed by atoms with Crippen LogP contribution in [0.2, 0.25) is 0 Å². The summed E-state index contributed by atoms with van der Waals surface area (Å²) in [4.78, 5) is 82.9. The summed E-state index contributed by atoms with van der Waals surface area (Å²) in [6.07, 6.45) is -16.4. The molecular formula is C54H46O16. The predicted molar refractivity (Wildman–Crippen MR) is 245 cm³/mol. The molecule has 1 N–H and O–H groups in total. The van der Waals surface area contributed by atoms with Gasteiger partial charge in [-0.3, -0.25) is 0 Å². The zero-order valence-corrected chi connectivity index (χ0v) is 37.4. The number of ether oxygens (including phenoxy) is 9. The van der Waals surface area contributed by atoms with Gasteiger partial charge in [0.2, 0.25) is 0 Å². The van der Waals surface area contributed by atoms with Gasteiger partial charge in [0, 0.05) is 0 Å². The average molecular weight is 951 g/mol. The molecule has 2 fully saturated rings. The highest BCUT2D eigenvalue weighted by atomic mass is 16.7. The quantitative estimate of drug-likeness (QED) is 0.0828. The van der Waals surface area contributed by atoms with Crippen molar-refractivity contribution in [2.24, 2.45) is 0 Å². The lowest BCUT2D eigenvalue weighted by molar-refractivity contribution is -0.319. The molecule has 2 aliphatic rings. The molecule has 2 heterocycles. The van der Waals surface area contributed by atoms with Gasteiger partial charge in [-0.2, -0.15) is 0 Å². The maximum absolute atomic E-state index is 14.0. The lowest BCUT2D eigenvalue weighted by Crippen LogP contribution is -2.64. The highest BCUT2D eigenvalue weighted by molar-refractivity contribution is 5.92. The molecule has 10 atom stereocenters. The smallest absolute Gasteiger partial charge is 0.338 e. The second kappa shape index (κ2) is 22.9. The van der Waals surface area contributed by atoms with Crippen LogP contribution in [0.4, 0.5) is 0 Å². The Morgan fingerprint density at radius 1 is 0.371 bits per heavy atom. The van der Waals surface area contributed by atoms with E-state index in [2.05, 4.69) is 0 Å². The van der Waals surface area contributed by atoms with E-state index < -0.39 is 104 Å². The minimum atomic E-state index is -2.04. The SMILES string of the molecule is C[C@H]1O[C@H](OC[C@H]2O[C@H](O)[C@@H](OC(=O)c3ccccc3)[C@@H](OC(=O)c3ccccc3)[C@@H]2OC(=O)c2ccccc2)[C@@H](OC(=O)c2ccccc2)[C@@H](OC(=O)c2ccccc2)[C@@H]1OC(=O)c1ccccc1. The van der Waals surface area contributed by atoms with E-state index in [0.29, 0.717) is 0 Å². The van der Waals surface area contributed by atoms with Crippen molar-refractivity contribution >= 4 is 35.8 Å². The lowest BCUT2D eigenvalue weighted by atomic mass is 9.97. The Kier molecular flexibility index (Phi) is 15.8. The number of benzene rings is 6. The van der Waals surface area contributed by atoms with Gasteiger partial charge in [-0.05, 0) is 79.7 Å². The molecule has 0 aromatic heterocycles. The number of hydrogen-bond donors (Lipinski definition) is 1. The van der Waals surface area contributed by atoms with Gasteiger partial charge < -0.3 is 47.7 Å². The first-order valence-electron chi connectivity index (χ1n) is 22.2. The van der Waals surface area contributed by atoms with Crippen molar-refractivity contribution in [2.75, 3.05) is 6.61 Å². The van der Waals surface area contributed by atoms with Gasteiger partial charge >= 0.3 is 35.8 Å². The summed E-state index contributed by atoms with van der Waals surface area (Å²) in [7, 11) is 0. The maximum atomic E-state index is 14.0. The molecule has 0 bridgehead atoms. The van der Waals surface area contributed by atoms with Gasteiger partial charge in [-0.25, -0.2) is 28.8 Å². The molecule has 2 saturated heterocycles. The van der Waals surface area contributed by atoms with E-state index in [1.54, 1.807) is 109 Å². The van der Waals surface area contributed by atoms with Crippen molar-refractivity contribution in [1.82, 2.24) is 0 Å². The fraction of sp³-hybridized carbons (Fsp3) is 0.222. The predicted octanol–water partition coefficient (Wildman–Crippen LogP) is 6.82. The van der Waals surface area contributed by atoms with E-state index in [1.807, 2.05) is 0 Å². The summed E-state index contributed by atoms with van der Waals surface area (Å²) in [6, 6.07) is 47.3. The molecule has 2 aliphatic heterocycles. The Balaban J connectivity index is 1.15. The van der Waals surface area contributed by atoms with Crippen molar-refractivity contribution in [3.8, 4) is 0 Å². The van der Waals surface area contributed by atoms with Crippen LogP contribution in [0.5, 0.6) is 0 Å². The Morgan fingerprint density at radius 2 is 0.643 bits per heavy atom. The van der Waals surface area contributed by atoms with Crippen molar-refractivity contribution in [2.45, 2.75) is 68.3 Å². The minimum absolute atomic E-state index is 0.0730. The summed E-state index contributed by atoms with van der Waals surface area (Å²) in [5.74, 6) is -5.36. The molecule has 8 rings (SSSR count). The van der Waals surface area contributed by atoms with E-state index in [4.69, 9.17) is 42.6 Å². The number of carbonyl (C=O) groups is 6. The van der Waals surface area contributed by atoms with Crippen LogP contribution in [0.25, 0.3) is 0 Å². The monoisotopic (exact) mass is 950 g/mol. The number of carbonyl (C=O) groups excluding carboxylic acids is 6. The lowest BCUT2D eigenvalue weighted by Gasteiger charge is -2.45. The molecule has 16 nitrogen and oxygen atoms in total. The summed E-state index contributed by atoms with van der Waals surface area (Å²) in [5, 5.41) is 11.7. The van der Waals surface area contributed by atoms with Crippen LogP contribution in [-0.2, 0) is 42.6 Å². The first-order chi connectivity index (χ1) is 34.0. The summed E-state index contributed by atoms with van der Waals surface area (Å²) in [5.41, 5.74) is 0.613. The van der Waals surface area contributed by atoms with Crippen LogP contribution < -0.4 is 0 Å². The van der Waals surface area contributed by atoms with Gasteiger partial charge in [-0.15, -0.1) is 0 Å². The van der Waals surface area contributed by atoms with Crippen molar-refractivity contribution in [3.63, 3.8) is 0 Å². The molecule has 0 saturated carbocycles. The molecule has 6 aromatic rings. The van der Waals surface area contributed by atoms with Crippen molar-refractivity contribution in [1.29, 1.82) is 0 Å². The molecular weight excluding hydrogens is 905 g/mol. The highest BCUT2D eigenvalue weighted by Crippen LogP contribution is 2.34. The highest BCUT2D eigenvalue weighted by Gasteiger charge is 2.55. The maximum Gasteiger partial charge on any atom is 0.338 e. The second-order valence-electron chi connectivity index (χ2n) is 16.0. The molecule has 0 spiro atoms. The zero-order valence-electron chi connectivity index (χ0n) is 37.4. The Morgan fingerprint density at radius 3 is 0.986 bits per heavy atom. The first kappa shape index (κ1) is 48.4. The third kappa shape index (κ3) is 11.8. The standard InChI is InChI=1S/C54H46O16/c1-33-41(65-47(55)34-20-8-2-9-21-34)43(67-49(57)36-24-12-4-13-25-36)46(70-52(60)39-30-18-7-19-31-39)54(63-33)62-32-40-42(66-48(56)35-22-10-3-11-23-35)44(68-50(58)37-26-14-5-15-27-37)45(53(61)64-40)69-51(59)38-28-16-6-17-29-38/h2-31,33,40-46,53-54,61H,32H2,1H3/t33-,40-,41-,42-,43+,44+,45+,46+,53+,54+/m1/s1. The van der Waals surface area contributed by atoms with Crippen LogP contribution >= 0.6 is 0 Å². The fourth-order valence-corrected chi connectivity index (χ4v) is 7.75. The normalized spacial score (nSPS) is 23.9. The molecule has 6 aromatic carbocycles. The van der Waals surface area contributed by atoms with E-state index >= 15 is 0 Å². The Hall–Kier alpha value is -8.02. The van der Waals surface area contributed by atoms with Crippen LogP contribution in [0.3, 0.4) is 0 Å². The molecule has 358 valence electrons. The van der Waals surface area contributed by atoms with E-state index in [1.165, 1.54) is 79.7 Å². The summed E-state index contributed by atoms with van der Waals surface area (Å²) in [6.45, 7) is 0.834. The average Bonchev–Trinajstić information content (AvgIpc) is 3.40.